The minimum atomic E-state index is 0.684. The number of nitrogens with zero attached hydrogens (tertiary/aromatic N) is 1. The van der Waals surface area contributed by atoms with Crippen LogP contribution >= 0.6 is 34.2 Å². The van der Waals surface area contributed by atoms with E-state index < -0.39 is 0 Å². The zero-order valence-electron chi connectivity index (χ0n) is 6.09. The first kappa shape index (κ1) is 8.26. The third-order valence-electron chi connectivity index (χ3n) is 1.61. The second kappa shape index (κ2) is 3.18. The lowest BCUT2D eigenvalue weighted by atomic mass is 10.2. The van der Waals surface area contributed by atoms with E-state index in [1.54, 1.807) is 6.20 Å². The van der Waals surface area contributed by atoms with Crippen molar-refractivity contribution in [2.75, 3.05) is 0 Å². The van der Waals surface area contributed by atoms with Crippen LogP contribution in [0.2, 0.25) is 5.02 Å². The second-order valence-electron chi connectivity index (χ2n) is 2.49. The number of aromatic nitrogens is 1. The monoisotopic (exact) mass is 289 g/mol. The van der Waals surface area contributed by atoms with Crippen molar-refractivity contribution < 1.29 is 0 Å². The molecule has 0 atom stereocenters. The molecule has 0 fully saturated rings. The fourth-order valence-electron chi connectivity index (χ4n) is 1.07. The lowest BCUT2D eigenvalue weighted by Gasteiger charge is -1.97. The highest BCUT2D eigenvalue weighted by Crippen LogP contribution is 2.18. The van der Waals surface area contributed by atoms with Crippen LogP contribution < -0.4 is 0 Å². The van der Waals surface area contributed by atoms with Crippen LogP contribution in [0.15, 0.2) is 30.5 Å². The molecule has 0 aliphatic carbocycles. The molecule has 0 spiro atoms. The highest BCUT2D eigenvalue weighted by molar-refractivity contribution is 14.1. The lowest BCUT2D eigenvalue weighted by Crippen LogP contribution is -1.79. The average Bonchev–Trinajstić information content (AvgIpc) is 2.05. The van der Waals surface area contributed by atoms with Gasteiger partial charge in [0.15, 0.2) is 0 Å². The van der Waals surface area contributed by atoms with Gasteiger partial charge in [0.2, 0.25) is 0 Å². The normalized spacial score (nSPS) is 10.5. The SMILES string of the molecule is Clc1cnc2cc(I)ccc2c1. The fourth-order valence-corrected chi connectivity index (χ4v) is 1.71. The van der Waals surface area contributed by atoms with Crippen LogP contribution in [0.4, 0.5) is 0 Å². The number of hydrogen-bond donors (Lipinski definition) is 0. The van der Waals surface area contributed by atoms with E-state index in [9.17, 15) is 0 Å². The Morgan fingerprint density at radius 3 is 2.92 bits per heavy atom. The van der Waals surface area contributed by atoms with Crippen LogP contribution in [-0.2, 0) is 0 Å². The van der Waals surface area contributed by atoms with Gasteiger partial charge >= 0.3 is 0 Å². The van der Waals surface area contributed by atoms with Gasteiger partial charge in [-0.15, -0.1) is 0 Å². The van der Waals surface area contributed by atoms with Gasteiger partial charge in [-0.2, -0.15) is 0 Å². The van der Waals surface area contributed by atoms with E-state index in [0.717, 1.165) is 10.9 Å². The molecule has 0 amide bonds. The third-order valence-corrected chi connectivity index (χ3v) is 2.49. The molecule has 0 unspecified atom stereocenters. The van der Waals surface area contributed by atoms with Gasteiger partial charge in [-0.05, 0) is 40.8 Å². The maximum absolute atomic E-state index is 5.79. The lowest BCUT2D eigenvalue weighted by molar-refractivity contribution is 1.41. The summed E-state index contributed by atoms with van der Waals surface area (Å²) in [6, 6.07) is 8.02. The third kappa shape index (κ3) is 1.54. The molecule has 3 heteroatoms. The van der Waals surface area contributed by atoms with Gasteiger partial charge in [0, 0.05) is 15.2 Å². The van der Waals surface area contributed by atoms with Crippen molar-refractivity contribution in [3.8, 4) is 0 Å². The largest absolute Gasteiger partial charge is 0.255 e. The zero-order valence-corrected chi connectivity index (χ0v) is 9.00. The number of fused-ring (bicyclic) bond motifs is 1. The Bertz CT molecular complexity index is 387. The molecule has 60 valence electrons. The Hall–Kier alpha value is -0.350. The summed E-state index contributed by atoms with van der Waals surface area (Å²) in [6.07, 6.45) is 1.67. The van der Waals surface area contributed by atoms with E-state index in [2.05, 4.69) is 27.6 Å². The van der Waals surface area contributed by atoms with E-state index in [1.165, 1.54) is 3.57 Å². The van der Waals surface area contributed by atoms with Crippen molar-refractivity contribution in [1.29, 1.82) is 0 Å². The number of pyridine rings is 1. The van der Waals surface area contributed by atoms with Gasteiger partial charge in [0.1, 0.15) is 0 Å². The van der Waals surface area contributed by atoms with Crippen molar-refractivity contribution in [1.82, 2.24) is 4.98 Å². The van der Waals surface area contributed by atoms with Crippen molar-refractivity contribution in [3.63, 3.8) is 0 Å². The van der Waals surface area contributed by atoms with Crippen molar-refractivity contribution in [2.45, 2.75) is 0 Å². The Morgan fingerprint density at radius 2 is 2.08 bits per heavy atom. The average molecular weight is 290 g/mol. The number of rotatable bonds is 0. The quantitative estimate of drug-likeness (QED) is 0.677. The molecule has 0 aliphatic rings. The number of halogens is 2. The molecule has 0 saturated heterocycles. The summed E-state index contributed by atoms with van der Waals surface area (Å²) in [7, 11) is 0. The summed E-state index contributed by atoms with van der Waals surface area (Å²) in [6.45, 7) is 0. The zero-order chi connectivity index (χ0) is 8.55. The van der Waals surface area contributed by atoms with Gasteiger partial charge in [-0.1, -0.05) is 17.7 Å². The predicted octanol–water partition coefficient (Wildman–Crippen LogP) is 3.49. The molecule has 0 aliphatic heterocycles. The van der Waals surface area contributed by atoms with Gasteiger partial charge < -0.3 is 0 Å². The van der Waals surface area contributed by atoms with E-state index in [0.29, 0.717) is 5.02 Å². The molecule has 1 aromatic heterocycles. The predicted molar refractivity (Wildman–Crippen MR) is 59.5 cm³/mol. The summed E-state index contributed by atoms with van der Waals surface area (Å²) in [5.74, 6) is 0. The van der Waals surface area contributed by atoms with Crippen LogP contribution in [0.3, 0.4) is 0 Å². The molecule has 1 heterocycles. The minimum Gasteiger partial charge on any atom is -0.255 e. The summed E-state index contributed by atoms with van der Waals surface area (Å²) in [5, 5.41) is 1.77. The molecular formula is C9H5ClIN. The molecule has 0 radical (unpaired) electrons. The molecule has 0 bridgehead atoms. The van der Waals surface area contributed by atoms with E-state index >= 15 is 0 Å². The summed E-state index contributed by atoms with van der Waals surface area (Å²) in [4.78, 5) is 4.20. The van der Waals surface area contributed by atoms with Crippen molar-refractivity contribution in [2.24, 2.45) is 0 Å². The molecule has 2 rings (SSSR count). The first-order valence-corrected chi connectivity index (χ1v) is 4.92. The van der Waals surface area contributed by atoms with Crippen LogP contribution in [0, 0.1) is 3.57 Å². The highest BCUT2D eigenvalue weighted by Gasteiger charge is 1.95. The van der Waals surface area contributed by atoms with Crippen LogP contribution in [0.1, 0.15) is 0 Å². The topological polar surface area (TPSA) is 12.9 Å². The first-order chi connectivity index (χ1) is 5.75. The van der Waals surface area contributed by atoms with Gasteiger partial charge in [-0.25, -0.2) is 0 Å². The Balaban J connectivity index is 2.79. The second-order valence-corrected chi connectivity index (χ2v) is 4.17. The highest BCUT2D eigenvalue weighted by atomic mass is 127. The molecular weight excluding hydrogens is 284 g/mol. The smallest absolute Gasteiger partial charge is 0.0713 e. The van der Waals surface area contributed by atoms with E-state index in [-0.39, 0.29) is 0 Å². The summed E-state index contributed by atoms with van der Waals surface area (Å²) < 4.78 is 1.19. The van der Waals surface area contributed by atoms with Gasteiger partial charge in [0.05, 0.1) is 10.5 Å². The maximum Gasteiger partial charge on any atom is 0.0713 e. The Labute approximate surface area is 88.9 Å². The van der Waals surface area contributed by atoms with E-state index in [1.807, 2.05) is 24.3 Å². The van der Waals surface area contributed by atoms with Crippen LogP contribution in [0.5, 0.6) is 0 Å². The summed E-state index contributed by atoms with van der Waals surface area (Å²) in [5.41, 5.74) is 0.992. The molecule has 0 saturated carbocycles. The standard InChI is InChI=1S/C9H5ClIN/c10-7-3-6-1-2-8(11)4-9(6)12-5-7/h1-5H. The fraction of sp³-hybridized carbons (Fsp3) is 0. The van der Waals surface area contributed by atoms with Crippen molar-refractivity contribution in [3.05, 3.63) is 39.1 Å². The van der Waals surface area contributed by atoms with Gasteiger partial charge in [-0.3, -0.25) is 4.98 Å². The first-order valence-electron chi connectivity index (χ1n) is 3.46. The summed E-state index contributed by atoms with van der Waals surface area (Å²) >= 11 is 8.06. The maximum atomic E-state index is 5.79. The molecule has 1 aromatic carbocycles. The molecule has 12 heavy (non-hydrogen) atoms. The Morgan fingerprint density at radius 1 is 1.25 bits per heavy atom. The Kier molecular flexibility index (Phi) is 2.19. The number of benzene rings is 1. The van der Waals surface area contributed by atoms with E-state index in [4.69, 9.17) is 11.6 Å². The molecule has 1 nitrogen and oxygen atoms in total. The van der Waals surface area contributed by atoms with Crippen molar-refractivity contribution >= 4 is 45.1 Å². The molecule has 2 aromatic rings. The number of hydrogen-bond acceptors (Lipinski definition) is 1. The van der Waals surface area contributed by atoms with Crippen LogP contribution in [0.25, 0.3) is 10.9 Å². The van der Waals surface area contributed by atoms with Crippen LogP contribution in [-0.4, -0.2) is 4.98 Å². The minimum absolute atomic E-state index is 0.684. The molecule has 0 N–H and O–H groups in total. The van der Waals surface area contributed by atoms with Gasteiger partial charge in [0.25, 0.3) is 0 Å².